The van der Waals surface area contributed by atoms with Crippen molar-refractivity contribution in [2.24, 2.45) is 0 Å². The van der Waals surface area contributed by atoms with Gasteiger partial charge in [-0.2, -0.15) is 0 Å². The molecule has 0 fully saturated rings. The first-order valence-corrected chi connectivity index (χ1v) is 8.86. The van der Waals surface area contributed by atoms with E-state index in [1.807, 2.05) is 0 Å². The van der Waals surface area contributed by atoms with Crippen LogP contribution in [0.3, 0.4) is 0 Å². The van der Waals surface area contributed by atoms with Gasteiger partial charge in [-0.25, -0.2) is 4.98 Å². The van der Waals surface area contributed by atoms with E-state index in [1.165, 1.54) is 61.6 Å². The minimum absolute atomic E-state index is 0.300. The quantitative estimate of drug-likeness (QED) is 0.572. The first-order chi connectivity index (χ1) is 10.8. The minimum atomic E-state index is 0.300. The Morgan fingerprint density at radius 1 is 1.09 bits per heavy atom. The van der Waals surface area contributed by atoms with Crippen molar-refractivity contribution < 1.29 is 0 Å². The predicted molar refractivity (Wildman–Crippen MR) is 96.1 cm³/mol. The molecule has 0 radical (unpaired) electrons. The van der Waals surface area contributed by atoms with Crippen molar-refractivity contribution in [2.75, 3.05) is 0 Å². The Morgan fingerprint density at radius 3 is 2.77 bits per heavy atom. The molecule has 1 aromatic carbocycles. The fraction of sp³-hybridized carbons (Fsp3) is 0.476. The zero-order valence-corrected chi connectivity index (χ0v) is 13.9. The average Bonchev–Trinajstić information content (AvgIpc) is 2.57. The number of unbranched alkanes of at least 4 members (excludes halogenated alkanes) is 3. The summed E-state index contributed by atoms with van der Waals surface area (Å²) in [5, 5.41) is 1.28. The molecule has 0 aliphatic heterocycles. The largest absolute Gasteiger partial charge is 0.248 e. The maximum Gasteiger partial charge on any atom is 0.0709 e. The molecule has 0 N–H and O–H groups in total. The molecule has 1 aliphatic rings. The van der Waals surface area contributed by atoms with Gasteiger partial charge in [0.1, 0.15) is 0 Å². The Labute approximate surface area is 134 Å². The van der Waals surface area contributed by atoms with Crippen molar-refractivity contribution in [3.8, 4) is 0 Å². The van der Waals surface area contributed by atoms with Crippen LogP contribution in [0.1, 0.15) is 70.1 Å². The summed E-state index contributed by atoms with van der Waals surface area (Å²) in [5.41, 5.74) is 4.09. The second-order valence-electron chi connectivity index (χ2n) is 6.66. The Hall–Kier alpha value is -1.63. The molecular weight excluding hydrogens is 266 g/mol. The number of para-hydroxylation sites is 1. The fourth-order valence-electron chi connectivity index (χ4n) is 3.83. The van der Waals surface area contributed by atoms with Crippen molar-refractivity contribution in [3.05, 3.63) is 47.7 Å². The van der Waals surface area contributed by atoms with Gasteiger partial charge in [0.2, 0.25) is 0 Å². The second kappa shape index (κ2) is 6.64. The van der Waals surface area contributed by atoms with E-state index < -0.39 is 0 Å². The number of fused-ring (bicyclic) bond motifs is 2. The van der Waals surface area contributed by atoms with Gasteiger partial charge < -0.3 is 0 Å². The Kier molecular flexibility index (Phi) is 4.61. The monoisotopic (exact) mass is 293 g/mol. The third kappa shape index (κ3) is 2.82. The van der Waals surface area contributed by atoms with Crippen LogP contribution in [0.4, 0.5) is 0 Å². The molecule has 0 saturated carbocycles. The molecule has 1 nitrogen and oxygen atoms in total. The smallest absolute Gasteiger partial charge is 0.0709 e. The minimum Gasteiger partial charge on any atom is -0.248 e. The molecule has 0 spiro atoms. The van der Waals surface area contributed by atoms with E-state index in [0.29, 0.717) is 5.41 Å². The lowest BCUT2D eigenvalue weighted by atomic mass is 9.69. The molecule has 1 aromatic heterocycles. The Balaban J connectivity index is 1.97. The van der Waals surface area contributed by atoms with Crippen molar-refractivity contribution in [3.63, 3.8) is 0 Å². The molecule has 2 aromatic rings. The van der Waals surface area contributed by atoms with Gasteiger partial charge in [-0.15, -0.1) is 0 Å². The highest BCUT2D eigenvalue weighted by Gasteiger charge is 2.33. The Bertz CT molecular complexity index is 671. The number of aromatic nitrogens is 1. The highest BCUT2D eigenvalue weighted by molar-refractivity contribution is 5.81. The lowest BCUT2D eigenvalue weighted by Gasteiger charge is -2.36. The number of rotatable bonds is 6. The molecule has 22 heavy (non-hydrogen) atoms. The van der Waals surface area contributed by atoms with Crippen LogP contribution >= 0.6 is 0 Å². The number of nitrogens with zero attached hydrogens (tertiary/aromatic N) is 1. The molecular formula is C21H27N. The normalized spacial score (nSPS) is 20.3. The first-order valence-electron chi connectivity index (χ1n) is 8.86. The lowest BCUT2D eigenvalue weighted by Crippen LogP contribution is -2.28. The third-order valence-corrected chi connectivity index (χ3v) is 5.29. The number of allylic oxidation sites excluding steroid dienone is 1. The summed E-state index contributed by atoms with van der Waals surface area (Å²) >= 11 is 0. The molecule has 0 amide bonds. The van der Waals surface area contributed by atoms with E-state index in [-0.39, 0.29) is 0 Å². The highest BCUT2D eigenvalue weighted by Crippen LogP contribution is 2.43. The standard InChI is InChI=1S/C21H27N/c1-3-5-6-9-14-21(4-2)15-10-13-20-18(21)16-17-11-7-8-12-19(17)22-20/h7-8,10-13,16H,3-6,9,14-15H2,1-2H3. The maximum absolute atomic E-state index is 4.92. The summed E-state index contributed by atoms with van der Waals surface area (Å²) < 4.78 is 0. The SMILES string of the molecule is CCCCCCC1(CC)CC=Cc2nc3ccccc3cc21. The lowest BCUT2D eigenvalue weighted by molar-refractivity contribution is 0.360. The molecule has 0 bridgehead atoms. The van der Waals surface area contributed by atoms with Crippen LogP contribution in [-0.2, 0) is 5.41 Å². The highest BCUT2D eigenvalue weighted by atomic mass is 14.7. The van der Waals surface area contributed by atoms with Crippen molar-refractivity contribution >= 4 is 17.0 Å². The van der Waals surface area contributed by atoms with Gasteiger partial charge in [0.15, 0.2) is 0 Å². The van der Waals surface area contributed by atoms with Crippen LogP contribution < -0.4 is 0 Å². The van der Waals surface area contributed by atoms with Crippen molar-refractivity contribution in [1.29, 1.82) is 0 Å². The number of hydrogen-bond acceptors (Lipinski definition) is 1. The summed E-state index contributed by atoms with van der Waals surface area (Å²) in [4.78, 5) is 4.92. The summed E-state index contributed by atoms with van der Waals surface area (Å²) in [6.07, 6.45) is 13.6. The number of pyridine rings is 1. The van der Waals surface area contributed by atoms with E-state index in [0.717, 1.165) is 5.52 Å². The summed E-state index contributed by atoms with van der Waals surface area (Å²) in [5.74, 6) is 0. The summed E-state index contributed by atoms with van der Waals surface area (Å²) in [7, 11) is 0. The molecule has 0 saturated heterocycles. The molecule has 1 heteroatoms. The van der Waals surface area contributed by atoms with Gasteiger partial charge in [-0.05, 0) is 43.0 Å². The van der Waals surface area contributed by atoms with Gasteiger partial charge in [0.25, 0.3) is 0 Å². The predicted octanol–water partition coefficient (Wildman–Crippen LogP) is 6.27. The van der Waals surface area contributed by atoms with Crippen LogP contribution in [0.5, 0.6) is 0 Å². The van der Waals surface area contributed by atoms with Crippen molar-refractivity contribution in [1.82, 2.24) is 4.98 Å². The zero-order valence-electron chi connectivity index (χ0n) is 13.9. The topological polar surface area (TPSA) is 12.9 Å². The third-order valence-electron chi connectivity index (χ3n) is 5.29. The summed E-state index contributed by atoms with van der Waals surface area (Å²) in [6.45, 7) is 4.63. The zero-order chi connectivity index (χ0) is 15.4. The van der Waals surface area contributed by atoms with Gasteiger partial charge >= 0.3 is 0 Å². The van der Waals surface area contributed by atoms with Crippen molar-refractivity contribution in [2.45, 2.75) is 64.2 Å². The molecule has 1 atom stereocenters. The van der Waals surface area contributed by atoms with Crippen LogP contribution in [0.15, 0.2) is 36.4 Å². The van der Waals surface area contributed by atoms with E-state index in [4.69, 9.17) is 4.98 Å². The molecule has 1 heterocycles. The first kappa shape index (κ1) is 15.3. The van der Waals surface area contributed by atoms with Gasteiger partial charge in [0, 0.05) is 10.8 Å². The van der Waals surface area contributed by atoms with E-state index >= 15 is 0 Å². The van der Waals surface area contributed by atoms with Crippen LogP contribution in [0, 0.1) is 0 Å². The molecule has 1 aliphatic carbocycles. The van der Waals surface area contributed by atoms with Crippen LogP contribution in [-0.4, -0.2) is 4.98 Å². The average molecular weight is 293 g/mol. The molecule has 3 rings (SSSR count). The van der Waals surface area contributed by atoms with Gasteiger partial charge in [-0.1, -0.05) is 63.8 Å². The maximum atomic E-state index is 4.92. The van der Waals surface area contributed by atoms with E-state index in [2.05, 4.69) is 56.3 Å². The van der Waals surface area contributed by atoms with Crippen LogP contribution in [0.2, 0.25) is 0 Å². The molecule has 116 valence electrons. The summed E-state index contributed by atoms with van der Waals surface area (Å²) in [6, 6.07) is 10.9. The van der Waals surface area contributed by atoms with Gasteiger partial charge in [-0.3, -0.25) is 0 Å². The number of hydrogen-bond donors (Lipinski definition) is 0. The van der Waals surface area contributed by atoms with E-state index in [9.17, 15) is 0 Å². The number of benzene rings is 1. The van der Waals surface area contributed by atoms with E-state index in [1.54, 1.807) is 0 Å². The second-order valence-corrected chi connectivity index (χ2v) is 6.66. The molecule has 1 unspecified atom stereocenters. The van der Waals surface area contributed by atoms with Gasteiger partial charge in [0.05, 0.1) is 11.2 Å². The fourth-order valence-corrected chi connectivity index (χ4v) is 3.83. The van der Waals surface area contributed by atoms with Crippen LogP contribution in [0.25, 0.3) is 17.0 Å². The Morgan fingerprint density at radius 2 is 1.95 bits per heavy atom.